The number of benzene rings is 12. The molecule has 0 radical (unpaired) electrons. The number of aliphatic imine (C=N–C) groups is 4. The highest BCUT2D eigenvalue weighted by molar-refractivity contribution is 14.1. The van der Waals surface area contributed by atoms with Crippen molar-refractivity contribution in [2.45, 2.75) is 136 Å². The minimum Gasteiger partial charge on any atom is -0.356 e. The lowest BCUT2D eigenvalue weighted by Crippen LogP contribution is -2.19. The minimum absolute atomic E-state index is 0.00230. The van der Waals surface area contributed by atoms with E-state index in [4.69, 9.17) is 14.6 Å². The number of allylic oxidation sites excluding steroid dienone is 1. The highest BCUT2D eigenvalue weighted by Gasteiger charge is 2.32. The Morgan fingerprint density at radius 3 is 1.12 bits per heavy atom. The summed E-state index contributed by atoms with van der Waals surface area (Å²) in [4.78, 5) is 24.6. The molecule has 2 saturated heterocycles. The van der Waals surface area contributed by atoms with Gasteiger partial charge in [0.1, 0.15) is 77.2 Å². The molecule has 10 heterocycles. The van der Waals surface area contributed by atoms with Crippen LogP contribution in [0.2, 0.25) is 0 Å². The minimum atomic E-state index is -4.16. The number of hydrogen-bond donors (Lipinski definition) is 0. The van der Waals surface area contributed by atoms with E-state index in [0.29, 0.717) is 111 Å². The third-order valence-electron chi connectivity index (χ3n) is 23.4. The van der Waals surface area contributed by atoms with Crippen molar-refractivity contribution in [2.24, 2.45) is 20.0 Å². The van der Waals surface area contributed by atoms with E-state index in [1.807, 2.05) is 106 Å². The van der Waals surface area contributed by atoms with Crippen LogP contribution in [0.15, 0.2) is 352 Å². The molecule has 756 valence electrons. The summed E-state index contributed by atoms with van der Waals surface area (Å²) in [5.74, 6) is -10.5. The summed E-state index contributed by atoms with van der Waals surface area (Å²) in [6, 6.07) is 54.6. The molecule has 22 nitrogen and oxygen atoms in total. The number of fused-ring (bicyclic) bond motifs is 6. The van der Waals surface area contributed by atoms with Crippen LogP contribution in [0, 0.1) is 73.5 Å². The second kappa shape index (κ2) is 45.4. The van der Waals surface area contributed by atoms with Gasteiger partial charge in [-0.05, 0) is 323 Å². The highest BCUT2D eigenvalue weighted by Crippen LogP contribution is 2.40. The van der Waals surface area contributed by atoms with Gasteiger partial charge >= 0.3 is 0 Å². The third-order valence-corrected chi connectivity index (χ3v) is 34.8. The van der Waals surface area contributed by atoms with Crippen LogP contribution in [0.5, 0.6) is 0 Å². The van der Waals surface area contributed by atoms with Crippen LogP contribution in [0.1, 0.15) is 113 Å². The average Bonchev–Trinajstić information content (AvgIpc) is 1.60. The second-order valence-corrected chi connectivity index (χ2v) is 46.5. The fourth-order valence-electron chi connectivity index (χ4n) is 16.2. The van der Waals surface area contributed by atoms with E-state index in [-0.39, 0.29) is 36.9 Å². The number of hydrogen-bond acceptors (Lipinski definition) is 21. The van der Waals surface area contributed by atoms with Gasteiger partial charge in [-0.3, -0.25) is 29.9 Å². The van der Waals surface area contributed by atoms with Gasteiger partial charge in [-0.15, -0.1) is 0 Å². The van der Waals surface area contributed by atoms with E-state index in [1.54, 1.807) is 82.6 Å². The van der Waals surface area contributed by atoms with Gasteiger partial charge < -0.3 is 9.47 Å². The summed E-state index contributed by atoms with van der Waals surface area (Å²) >= 11 is 5.41. The zero-order chi connectivity index (χ0) is 105. The molecule has 0 saturated carbocycles. The molecule has 6 aliphatic rings. The predicted octanol–water partition coefficient (Wildman–Crippen LogP) is 24.3. The topological polar surface area (TPSA) is 300 Å². The van der Waals surface area contributed by atoms with Crippen LogP contribution in [-0.2, 0) is 84.8 Å². The molecular weight excluding hydrogens is 2280 g/mol. The monoisotopic (exact) mass is 2350 g/mol. The SMILES string of the molecule is Fc1cc(F)cc(Sc2ccc3c(c2)C=NC3)c1.O=S(=O)(c1cc(F)cc(F)c1)c1ccc2c(c1)C(/C=C/c1ccccn1)=NC2.O=S(=O)(c1cc(F)cc(F)c1)c1ccc2c(c1)C(I)=NC2.O=S(=O)(c1cc(F)cc(F)c1)c1ccc2c(c1)C=NC2.O=S(=O)(c1cc(F)cc(F)c1)c1ccc2c(c1)c(/C=C/c1ccccn1)nn2C1CCCCO1.O=S(=O)(c1cc(F)cc(F)c1)c1ccc2c(c1)c(I)nn2C1CCCCO1. The second-order valence-electron chi connectivity index (χ2n) is 33.6. The Kier molecular flexibility index (Phi) is 32.5. The molecule has 2 unspecified atom stereocenters. The first-order valence-corrected chi connectivity index (χ1v) is 55.2. The lowest BCUT2D eigenvalue weighted by molar-refractivity contribution is -0.0369. The van der Waals surface area contributed by atoms with Gasteiger partial charge in [0.2, 0.25) is 49.2 Å². The third kappa shape index (κ3) is 24.8. The number of rotatable bonds is 18. The van der Waals surface area contributed by atoms with E-state index in [1.165, 1.54) is 90.1 Å². The van der Waals surface area contributed by atoms with Gasteiger partial charge in [-0.2, -0.15) is 10.2 Å². The van der Waals surface area contributed by atoms with Crippen LogP contribution in [-0.4, -0.2) is 107 Å². The fourth-order valence-corrected chi connectivity index (χ4v) is 25.2. The summed E-state index contributed by atoms with van der Waals surface area (Å²) in [5.41, 5.74) is 11.2. The van der Waals surface area contributed by atoms with Gasteiger partial charge in [0.05, 0.1) is 109 Å². The van der Waals surface area contributed by atoms with Gasteiger partial charge in [0.25, 0.3) is 0 Å². The molecular formula is C106H76F12I2N10O12S6. The van der Waals surface area contributed by atoms with Crippen molar-refractivity contribution in [3.05, 3.63) is 408 Å². The Bertz CT molecular complexity index is 8610. The standard InChI is InChI=1S/C25H21F2N3O3S.C21H14F2N2O2S.C18H15F2IN2O3S.C14H8F2INO2S.C14H9F2NO2S.C14H9F2NS/c26-17-13-18(27)15-21(14-17)34(31,32)20-8-10-24-22(16-20)23(9-7-19-5-1-3-11-28-19)29-30(24)25-6-2-4-12-33-25;22-15-9-16(23)11-19(10-15)28(26,27)18-6-4-14-13-25-21(20(14)12-18)7-5-17-3-1-2-8-24-17;19-11-7-12(20)9-14(8-11)27(24,25)13-4-5-16-15(10-13)18(21)22-23(16)17-3-1-2-6-26-17;15-9-3-10(16)5-12(4-9)21(19,20)11-2-1-8-7-18-14(17)13(8)6-11;15-11-4-12(16)6-14(5-11)20(18,19)13-2-1-9-7-17-8-10(9)3-13;15-11-4-12(16)6-14(5-11)18-13-2-1-9-7-17-8-10(9)3-13/h1,3,5,7-11,13-16,25H,2,4,6,12H2;1-12H,13H2;4-5,7-10,17H,1-3,6H2;1-6H,7H2;1-6,8H,7H2;1-6,8H,7H2/b9-7+;7-5+;;;;. The summed E-state index contributed by atoms with van der Waals surface area (Å²) in [6.07, 6.45) is 19.1. The molecule has 148 heavy (non-hydrogen) atoms. The molecule has 0 aliphatic carbocycles. The summed E-state index contributed by atoms with van der Waals surface area (Å²) in [7, 11) is -20.2. The molecule has 12 aromatic carbocycles. The van der Waals surface area contributed by atoms with Crippen LogP contribution in [0.25, 0.3) is 40.0 Å². The van der Waals surface area contributed by atoms with Crippen LogP contribution in [0.3, 0.4) is 0 Å². The van der Waals surface area contributed by atoms with Crippen molar-refractivity contribution < 1.29 is 104 Å². The molecule has 6 aliphatic heterocycles. The molecule has 0 amide bonds. The van der Waals surface area contributed by atoms with E-state index in [0.717, 1.165) is 165 Å². The molecule has 0 spiro atoms. The normalized spacial score (nSPS) is 15.1. The predicted molar refractivity (Wildman–Crippen MR) is 549 cm³/mol. The van der Waals surface area contributed by atoms with Gasteiger partial charge in [-0.25, -0.2) is 104 Å². The Morgan fingerprint density at radius 2 is 0.689 bits per heavy atom. The summed E-state index contributed by atoms with van der Waals surface area (Å²) in [6.45, 7) is 3.48. The lowest BCUT2D eigenvalue weighted by Gasteiger charge is -2.23. The molecule has 16 aromatic rings. The largest absolute Gasteiger partial charge is 0.356 e. The molecule has 42 heteroatoms. The van der Waals surface area contributed by atoms with Crippen LogP contribution in [0.4, 0.5) is 52.7 Å². The maximum Gasteiger partial charge on any atom is 0.206 e. The molecule has 22 rings (SSSR count). The smallest absolute Gasteiger partial charge is 0.206 e. The van der Waals surface area contributed by atoms with Gasteiger partial charge in [0.15, 0.2) is 12.5 Å². The van der Waals surface area contributed by atoms with Crippen LogP contribution >= 0.6 is 56.9 Å². The highest BCUT2D eigenvalue weighted by atomic mass is 127. The van der Waals surface area contributed by atoms with Gasteiger partial charge in [-0.1, -0.05) is 48.2 Å². The zero-order valence-corrected chi connectivity index (χ0v) is 85.8. The van der Waals surface area contributed by atoms with Crippen molar-refractivity contribution >= 4 is 168 Å². The number of pyridine rings is 2. The molecule has 0 bridgehead atoms. The summed E-state index contributed by atoms with van der Waals surface area (Å²) < 4.78 is 304. The fraction of sp³-hybridized carbons (Fsp3) is 0.132. The van der Waals surface area contributed by atoms with Crippen molar-refractivity contribution in [1.29, 1.82) is 0 Å². The van der Waals surface area contributed by atoms with Crippen molar-refractivity contribution in [1.82, 2.24) is 29.5 Å². The zero-order valence-electron chi connectivity index (χ0n) is 76.6. The molecule has 4 aromatic heterocycles. The first-order chi connectivity index (χ1) is 70.7. The molecule has 0 N–H and O–H groups in total. The van der Waals surface area contributed by atoms with E-state index in [2.05, 4.69) is 35.0 Å². The van der Waals surface area contributed by atoms with Crippen molar-refractivity contribution in [3.8, 4) is 0 Å². The van der Waals surface area contributed by atoms with Crippen molar-refractivity contribution in [3.63, 3.8) is 0 Å². The number of ether oxygens (including phenoxy) is 2. The van der Waals surface area contributed by atoms with Gasteiger partial charge in [0, 0.05) is 106 Å². The Labute approximate surface area is 871 Å². The molecule has 2 atom stereocenters. The van der Waals surface area contributed by atoms with E-state index < -0.39 is 143 Å². The van der Waals surface area contributed by atoms with Crippen LogP contribution < -0.4 is 0 Å². The molecule has 2 fully saturated rings. The first kappa shape index (κ1) is 106. The quantitative estimate of drug-likeness (QED) is 0.0569. The Hall–Kier alpha value is -13.3. The van der Waals surface area contributed by atoms with Crippen molar-refractivity contribution in [2.75, 3.05) is 13.2 Å². The number of aromatic nitrogens is 6. The number of halogens is 14. The Morgan fingerprint density at radius 1 is 0.324 bits per heavy atom. The maximum atomic E-state index is 13.7. The number of nitrogens with zero attached hydrogens (tertiary/aromatic N) is 10. The summed E-state index contributed by atoms with van der Waals surface area (Å²) in [5, 5.41) is 10.5. The van der Waals surface area contributed by atoms with E-state index in [9.17, 15) is 94.8 Å². The number of sulfone groups is 5. The average molecular weight is 2360 g/mol. The van der Waals surface area contributed by atoms with E-state index >= 15 is 0 Å². The lowest BCUT2D eigenvalue weighted by atomic mass is 10.1. The first-order valence-electron chi connectivity index (χ1n) is 44.8. The maximum absolute atomic E-state index is 13.7. The Balaban J connectivity index is 0.000000123.